The zero-order chi connectivity index (χ0) is 7.72. The van der Waals surface area contributed by atoms with Crippen LogP contribution in [0.5, 0.6) is 5.75 Å². The minimum atomic E-state index is -1.15. The van der Waals surface area contributed by atoms with E-state index in [1.807, 2.05) is 0 Å². The van der Waals surface area contributed by atoms with Crippen LogP contribution in [0, 0.1) is 0 Å². The molecule has 0 unspecified atom stereocenters. The van der Waals surface area contributed by atoms with Crippen LogP contribution >= 0.6 is 11.3 Å². The van der Waals surface area contributed by atoms with E-state index in [4.69, 9.17) is 15.9 Å². The summed E-state index contributed by atoms with van der Waals surface area (Å²) in [6.45, 7) is 0. The third-order valence-electron chi connectivity index (χ3n) is 0.986. The number of nitrogens with two attached hydrogens (primary N) is 1. The number of carboxylic acids is 1. The molecule has 0 bridgehead atoms. The van der Waals surface area contributed by atoms with Gasteiger partial charge in [-0.25, -0.2) is 4.79 Å². The van der Waals surface area contributed by atoms with Crippen LogP contribution in [0.2, 0.25) is 0 Å². The molecule has 0 aliphatic heterocycles. The van der Waals surface area contributed by atoms with Gasteiger partial charge in [0, 0.05) is 5.38 Å². The Bertz CT molecular complexity index is 268. The summed E-state index contributed by atoms with van der Waals surface area (Å²) in [4.78, 5) is 10.1. The Hall–Kier alpha value is -1.23. The minimum Gasteiger partial charge on any atom is -0.504 e. The lowest BCUT2D eigenvalue weighted by Crippen LogP contribution is -1.92. The van der Waals surface area contributed by atoms with Crippen molar-refractivity contribution in [2.24, 2.45) is 0 Å². The van der Waals surface area contributed by atoms with Gasteiger partial charge >= 0.3 is 5.97 Å². The minimum absolute atomic E-state index is 0.113. The normalized spacial score (nSPS) is 9.60. The molecule has 1 aromatic heterocycles. The molecule has 10 heavy (non-hydrogen) atoms. The van der Waals surface area contributed by atoms with Gasteiger partial charge < -0.3 is 15.9 Å². The van der Waals surface area contributed by atoms with Gasteiger partial charge in [0.25, 0.3) is 0 Å². The summed E-state index contributed by atoms with van der Waals surface area (Å²) in [5.74, 6) is -1.49. The Morgan fingerprint density at radius 1 is 1.70 bits per heavy atom. The molecule has 1 aromatic rings. The maximum atomic E-state index is 10.2. The van der Waals surface area contributed by atoms with E-state index in [2.05, 4.69) is 0 Å². The highest BCUT2D eigenvalue weighted by molar-refractivity contribution is 7.12. The van der Waals surface area contributed by atoms with Crippen LogP contribution in [0.1, 0.15) is 9.67 Å². The fourth-order valence-corrected chi connectivity index (χ4v) is 1.20. The quantitative estimate of drug-likeness (QED) is 0.564. The van der Waals surface area contributed by atoms with Crippen LogP contribution in [0.3, 0.4) is 0 Å². The summed E-state index contributed by atoms with van der Waals surface area (Å²) < 4.78 is 0. The lowest BCUT2D eigenvalue weighted by Gasteiger charge is -1.89. The molecule has 4 N–H and O–H groups in total. The molecular formula is C5H5NO3S. The number of aromatic carboxylic acids is 1. The first-order valence-electron chi connectivity index (χ1n) is 2.42. The van der Waals surface area contributed by atoms with Gasteiger partial charge in [0.15, 0.2) is 10.6 Å². The van der Waals surface area contributed by atoms with E-state index in [9.17, 15) is 4.79 Å². The molecule has 0 spiro atoms. The topological polar surface area (TPSA) is 83.6 Å². The van der Waals surface area contributed by atoms with Gasteiger partial charge in [-0.2, -0.15) is 0 Å². The maximum absolute atomic E-state index is 10.2. The third kappa shape index (κ3) is 0.906. The maximum Gasteiger partial charge on any atom is 0.349 e. The number of nitrogen functional groups attached to an aromatic ring is 1. The Balaban J connectivity index is 3.17. The smallest absolute Gasteiger partial charge is 0.349 e. The second kappa shape index (κ2) is 2.18. The second-order valence-electron chi connectivity index (χ2n) is 1.67. The summed E-state index contributed by atoms with van der Waals surface area (Å²) in [6.07, 6.45) is 0. The zero-order valence-corrected chi connectivity index (χ0v) is 5.68. The van der Waals surface area contributed by atoms with Crippen molar-refractivity contribution in [1.82, 2.24) is 0 Å². The summed E-state index contributed by atoms with van der Waals surface area (Å²) in [5.41, 5.74) is 5.29. The van der Waals surface area contributed by atoms with E-state index in [0.717, 1.165) is 11.3 Å². The molecule has 0 aromatic carbocycles. The van der Waals surface area contributed by atoms with Crippen LogP contribution in [-0.4, -0.2) is 16.2 Å². The predicted octanol–water partition coefficient (Wildman–Crippen LogP) is 0.734. The van der Waals surface area contributed by atoms with Crippen molar-refractivity contribution >= 4 is 23.0 Å². The Labute approximate surface area is 60.5 Å². The third-order valence-corrected chi connectivity index (χ3v) is 1.96. The van der Waals surface area contributed by atoms with Crippen molar-refractivity contribution in [2.75, 3.05) is 5.73 Å². The molecule has 0 aliphatic carbocycles. The molecule has 0 saturated carbocycles. The van der Waals surface area contributed by atoms with Crippen molar-refractivity contribution in [3.05, 3.63) is 10.3 Å². The molecule has 0 saturated heterocycles. The average molecular weight is 159 g/mol. The number of thiophene rings is 1. The van der Waals surface area contributed by atoms with E-state index < -0.39 is 5.97 Å². The van der Waals surface area contributed by atoms with Gasteiger partial charge in [-0.3, -0.25) is 0 Å². The molecule has 0 fully saturated rings. The van der Waals surface area contributed by atoms with Gasteiger partial charge in [0.1, 0.15) is 0 Å². The van der Waals surface area contributed by atoms with E-state index in [1.165, 1.54) is 5.38 Å². The number of carbonyl (C=O) groups is 1. The summed E-state index contributed by atoms with van der Waals surface area (Å²) in [7, 11) is 0. The van der Waals surface area contributed by atoms with E-state index >= 15 is 0 Å². The molecule has 54 valence electrons. The molecule has 0 aliphatic rings. The molecule has 5 heteroatoms. The van der Waals surface area contributed by atoms with Crippen molar-refractivity contribution in [2.45, 2.75) is 0 Å². The number of aromatic hydroxyl groups is 1. The van der Waals surface area contributed by atoms with Crippen molar-refractivity contribution in [3.8, 4) is 5.75 Å². The highest BCUT2D eigenvalue weighted by atomic mass is 32.1. The highest BCUT2D eigenvalue weighted by Crippen LogP contribution is 2.30. The van der Waals surface area contributed by atoms with Crippen LogP contribution in [0.4, 0.5) is 5.69 Å². The second-order valence-corrected chi connectivity index (χ2v) is 2.55. The lowest BCUT2D eigenvalue weighted by atomic mass is 10.4. The fourth-order valence-electron chi connectivity index (χ4n) is 0.517. The van der Waals surface area contributed by atoms with Crippen LogP contribution in [-0.2, 0) is 0 Å². The monoisotopic (exact) mass is 159 g/mol. The van der Waals surface area contributed by atoms with Crippen LogP contribution in [0.25, 0.3) is 0 Å². The molecule has 4 nitrogen and oxygen atoms in total. The molecule has 1 heterocycles. The SMILES string of the molecule is Nc1csc(C(=O)O)c1O. The van der Waals surface area contributed by atoms with E-state index in [1.54, 1.807) is 0 Å². The van der Waals surface area contributed by atoms with E-state index in [-0.39, 0.29) is 16.3 Å². The Kier molecular flexibility index (Phi) is 1.50. The largest absolute Gasteiger partial charge is 0.504 e. The van der Waals surface area contributed by atoms with Gasteiger partial charge in [0.2, 0.25) is 0 Å². The number of carboxylic acid groups (broad SMARTS) is 1. The summed E-state index contributed by atoms with van der Waals surface area (Å²) in [6, 6.07) is 0. The molecular weight excluding hydrogens is 154 g/mol. The predicted molar refractivity (Wildman–Crippen MR) is 37.4 cm³/mol. The number of anilines is 1. The highest BCUT2D eigenvalue weighted by Gasteiger charge is 2.13. The first-order valence-corrected chi connectivity index (χ1v) is 3.30. The molecule has 0 amide bonds. The molecule has 0 radical (unpaired) electrons. The van der Waals surface area contributed by atoms with Crippen LogP contribution in [0.15, 0.2) is 5.38 Å². The van der Waals surface area contributed by atoms with Gasteiger partial charge in [0.05, 0.1) is 5.69 Å². The Morgan fingerprint density at radius 3 is 2.50 bits per heavy atom. The van der Waals surface area contributed by atoms with Crippen molar-refractivity contribution < 1.29 is 15.0 Å². The molecule has 1 rings (SSSR count). The van der Waals surface area contributed by atoms with Gasteiger partial charge in [-0.1, -0.05) is 0 Å². The first kappa shape index (κ1) is 6.88. The number of rotatable bonds is 1. The molecule has 0 atom stereocenters. The fraction of sp³-hybridized carbons (Fsp3) is 0. The van der Waals surface area contributed by atoms with Gasteiger partial charge in [-0.15, -0.1) is 11.3 Å². The first-order chi connectivity index (χ1) is 4.63. The van der Waals surface area contributed by atoms with E-state index in [0.29, 0.717) is 0 Å². The lowest BCUT2D eigenvalue weighted by molar-refractivity contribution is 0.0699. The standard InChI is InChI=1S/C5H5NO3S/c6-2-1-10-4(3(2)7)5(8)9/h1,7H,6H2,(H,8,9). The Morgan fingerprint density at radius 2 is 2.30 bits per heavy atom. The number of hydrogen-bond acceptors (Lipinski definition) is 4. The summed E-state index contributed by atoms with van der Waals surface area (Å²) >= 11 is 0.910. The number of hydrogen-bond donors (Lipinski definition) is 3. The summed E-state index contributed by atoms with van der Waals surface area (Å²) in [5, 5.41) is 18.7. The average Bonchev–Trinajstić information content (AvgIpc) is 2.14. The van der Waals surface area contributed by atoms with Crippen molar-refractivity contribution in [3.63, 3.8) is 0 Å². The van der Waals surface area contributed by atoms with Crippen LogP contribution < -0.4 is 5.73 Å². The van der Waals surface area contributed by atoms with Crippen molar-refractivity contribution in [1.29, 1.82) is 0 Å². The zero-order valence-electron chi connectivity index (χ0n) is 4.87. The van der Waals surface area contributed by atoms with Gasteiger partial charge in [-0.05, 0) is 0 Å².